The molecule has 78 valence electrons. The highest BCUT2D eigenvalue weighted by molar-refractivity contribution is 5.73. The summed E-state index contributed by atoms with van der Waals surface area (Å²) in [4.78, 5) is 0. The molecule has 0 aliphatic carbocycles. The van der Waals surface area contributed by atoms with Crippen LogP contribution in [0.4, 0.5) is 5.69 Å². The third kappa shape index (κ3) is 1.85. The maximum Gasteiger partial charge on any atom is 0.0975 e. The number of anilines is 1. The third-order valence-electron chi connectivity index (χ3n) is 2.33. The van der Waals surface area contributed by atoms with Gasteiger partial charge in [0.25, 0.3) is 0 Å². The van der Waals surface area contributed by atoms with Crippen LogP contribution >= 0.6 is 0 Å². The Hall–Kier alpha value is -1.81. The monoisotopic (exact) mass is 202 g/mol. The minimum Gasteiger partial charge on any atom is -0.308 e. The number of benzene rings is 1. The standard InChI is InChI=1S/C11H14N4/c1-2-15(12)10-8-13-14-11(10)9-6-4-3-5-7-9/h3-8H,2,12H2,1H3,(H,13,14). The summed E-state index contributed by atoms with van der Waals surface area (Å²) in [5.74, 6) is 5.85. The molecule has 0 bridgehead atoms. The van der Waals surface area contributed by atoms with Crippen molar-refractivity contribution in [1.29, 1.82) is 0 Å². The second-order valence-corrected chi connectivity index (χ2v) is 3.28. The molecule has 0 saturated heterocycles. The van der Waals surface area contributed by atoms with E-state index in [4.69, 9.17) is 5.84 Å². The molecular formula is C11H14N4. The van der Waals surface area contributed by atoms with Crippen LogP contribution in [0.2, 0.25) is 0 Å². The number of aromatic nitrogens is 2. The van der Waals surface area contributed by atoms with Gasteiger partial charge in [-0.05, 0) is 6.92 Å². The minimum absolute atomic E-state index is 0.749. The quantitative estimate of drug-likeness (QED) is 0.589. The first-order valence-corrected chi connectivity index (χ1v) is 4.94. The molecule has 0 spiro atoms. The fourth-order valence-corrected chi connectivity index (χ4v) is 1.49. The summed E-state index contributed by atoms with van der Waals surface area (Å²) in [7, 11) is 0. The summed E-state index contributed by atoms with van der Waals surface area (Å²) in [5.41, 5.74) is 2.97. The second-order valence-electron chi connectivity index (χ2n) is 3.28. The van der Waals surface area contributed by atoms with Crippen LogP contribution in [0.5, 0.6) is 0 Å². The Balaban J connectivity index is 2.41. The second kappa shape index (κ2) is 4.14. The number of rotatable bonds is 3. The molecule has 1 aromatic carbocycles. The van der Waals surface area contributed by atoms with Crippen LogP contribution in [0.15, 0.2) is 36.5 Å². The van der Waals surface area contributed by atoms with E-state index in [0.29, 0.717) is 0 Å². The molecule has 2 aromatic rings. The van der Waals surface area contributed by atoms with Crippen molar-refractivity contribution in [3.8, 4) is 11.3 Å². The Morgan fingerprint density at radius 1 is 1.33 bits per heavy atom. The predicted molar refractivity (Wildman–Crippen MR) is 61.2 cm³/mol. The van der Waals surface area contributed by atoms with Crippen molar-refractivity contribution in [2.24, 2.45) is 5.84 Å². The fourth-order valence-electron chi connectivity index (χ4n) is 1.49. The summed E-state index contributed by atoms with van der Waals surface area (Å²) in [5, 5.41) is 8.66. The molecule has 0 radical (unpaired) electrons. The molecule has 4 nitrogen and oxygen atoms in total. The number of aromatic amines is 1. The molecule has 1 heterocycles. The lowest BCUT2D eigenvalue weighted by Gasteiger charge is -2.15. The van der Waals surface area contributed by atoms with Crippen molar-refractivity contribution in [2.45, 2.75) is 6.92 Å². The Morgan fingerprint density at radius 2 is 2.07 bits per heavy atom. The first-order valence-electron chi connectivity index (χ1n) is 4.94. The number of nitrogens with one attached hydrogen (secondary N) is 1. The van der Waals surface area contributed by atoms with Crippen molar-refractivity contribution in [3.05, 3.63) is 36.5 Å². The molecule has 0 fully saturated rings. The topological polar surface area (TPSA) is 57.9 Å². The van der Waals surface area contributed by atoms with Crippen molar-refractivity contribution < 1.29 is 0 Å². The van der Waals surface area contributed by atoms with Crippen molar-refractivity contribution in [3.63, 3.8) is 0 Å². The van der Waals surface area contributed by atoms with E-state index >= 15 is 0 Å². The molecule has 4 heteroatoms. The summed E-state index contributed by atoms with van der Waals surface area (Å²) < 4.78 is 0. The lowest BCUT2D eigenvalue weighted by Crippen LogP contribution is -2.30. The molecule has 0 amide bonds. The number of nitrogens with two attached hydrogens (primary N) is 1. The highest BCUT2D eigenvalue weighted by Gasteiger charge is 2.10. The molecule has 2 rings (SSSR count). The van der Waals surface area contributed by atoms with E-state index in [1.165, 1.54) is 0 Å². The van der Waals surface area contributed by atoms with Gasteiger partial charge in [-0.2, -0.15) is 5.10 Å². The largest absolute Gasteiger partial charge is 0.308 e. The minimum atomic E-state index is 0.749. The average Bonchev–Trinajstić information content (AvgIpc) is 2.78. The number of H-pyrrole nitrogens is 1. The molecule has 0 unspecified atom stereocenters. The van der Waals surface area contributed by atoms with E-state index in [1.807, 2.05) is 37.3 Å². The molecule has 0 atom stereocenters. The average molecular weight is 202 g/mol. The fraction of sp³-hybridized carbons (Fsp3) is 0.182. The number of hydrazine groups is 1. The highest BCUT2D eigenvalue weighted by atomic mass is 15.4. The Kier molecular flexibility index (Phi) is 2.69. The van der Waals surface area contributed by atoms with Gasteiger partial charge in [0, 0.05) is 12.1 Å². The molecular weight excluding hydrogens is 188 g/mol. The number of hydrogen-bond acceptors (Lipinski definition) is 3. The van der Waals surface area contributed by atoms with Crippen molar-refractivity contribution in [1.82, 2.24) is 10.2 Å². The van der Waals surface area contributed by atoms with Gasteiger partial charge in [-0.15, -0.1) is 0 Å². The van der Waals surface area contributed by atoms with E-state index in [-0.39, 0.29) is 0 Å². The molecule has 0 aliphatic rings. The summed E-state index contributed by atoms with van der Waals surface area (Å²) in [6, 6.07) is 10.0. The van der Waals surface area contributed by atoms with E-state index in [0.717, 1.165) is 23.5 Å². The van der Waals surface area contributed by atoms with Gasteiger partial charge >= 0.3 is 0 Å². The maximum absolute atomic E-state index is 5.85. The summed E-state index contributed by atoms with van der Waals surface area (Å²) in [6.07, 6.45) is 1.74. The lowest BCUT2D eigenvalue weighted by molar-refractivity contribution is 0.894. The smallest absolute Gasteiger partial charge is 0.0975 e. The zero-order chi connectivity index (χ0) is 10.7. The van der Waals surface area contributed by atoms with Gasteiger partial charge in [0.05, 0.1) is 17.6 Å². The van der Waals surface area contributed by atoms with Crippen LogP contribution in [0, 0.1) is 0 Å². The lowest BCUT2D eigenvalue weighted by atomic mass is 10.1. The number of hydrogen-bond donors (Lipinski definition) is 2. The van der Waals surface area contributed by atoms with E-state index in [9.17, 15) is 0 Å². The van der Waals surface area contributed by atoms with Crippen LogP contribution in [0.3, 0.4) is 0 Å². The summed E-state index contributed by atoms with van der Waals surface area (Å²) in [6.45, 7) is 2.75. The third-order valence-corrected chi connectivity index (χ3v) is 2.33. The normalized spacial score (nSPS) is 10.3. The SMILES string of the molecule is CCN(N)c1cn[nH]c1-c1ccccc1. The Labute approximate surface area is 88.7 Å². The predicted octanol–water partition coefficient (Wildman–Crippen LogP) is 1.78. The number of nitrogens with zero attached hydrogens (tertiary/aromatic N) is 2. The zero-order valence-corrected chi connectivity index (χ0v) is 8.64. The van der Waals surface area contributed by atoms with Gasteiger partial charge in [0.15, 0.2) is 0 Å². The van der Waals surface area contributed by atoms with Crippen LogP contribution < -0.4 is 10.9 Å². The van der Waals surface area contributed by atoms with Gasteiger partial charge in [-0.3, -0.25) is 5.10 Å². The molecule has 0 saturated carbocycles. The van der Waals surface area contributed by atoms with E-state index in [1.54, 1.807) is 11.2 Å². The highest BCUT2D eigenvalue weighted by Crippen LogP contribution is 2.26. The Morgan fingerprint density at radius 3 is 2.73 bits per heavy atom. The molecule has 1 aromatic heterocycles. The van der Waals surface area contributed by atoms with Crippen LogP contribution in [0.25, 0.3) is 11.3 Å². The van der Waals surface area contributed by atoms with E-state index in [2.05, 4.69) is 10.2 Å². The van der Waals surface area contributed by atoms with E-state index < -0.39 is 0 Å². The van der Waals surface area contributed by atoms with Crippen LogP contribution in [-0.2, 0) is 0 Å². The van der Waals surface area contributed by atoms with Crippen molar-refractivity contribution >= 4 is 5.69 Å². The van der Waals surface area contributed by atoms with Crippen LogP contribution in [-0.4, -0.2) is 16.7 Å². The summed E-state index contributed by atoms with van der Waals surface area (Å²) >= 11 is 0. The Bertz CT molecular complexity index is 421. The first kappa shape index (κ1) is 9.73. The maximum atomic E-state index is 5.85. The van der Waals surface area contributed by atoms with Gasteiger partial charge in [-0.25, -0.2) is 5.84 Å². The molecule has 0 aliphatic heterocycles. The van der Waals surface area contributed by atoms with Crippen LogP contribution in [0.1, 0.15) is 6.92 Å². The van der Waals surface area contributed by atoms with Gasteiger partial charge in [0.1, 0.15) is 0 Å². The zero-order valence-electron chi connectivity index (χ0n) is 8.64. The van der Waals surface area contributed by atoms with Gasteiger partial charge in [-0.1, -0.05) is 30.3 Å². The van der Waals surface area contributed by atoms with Gasteiger partial charge < -0.3 is 5.01 Å². The molecule has 15 heavy (non-hydrogen) atoms. The molecule has 3 N–H and O–H groups in total. The van der Waals surface area contributed by atoms with Gasteiger partial charge in [0.2, 0.25) is 0 Å². The van der Waals surface area contributed by atoms with Crippen molar-refractivity contribution in [2.75, 3.05) is 11.6 Å². The first-order chi connectivity index (χ1) is 7.33.